The third-order valence-electron chi connectivity index (χ3n) is 5.96. The molecule has 0 spiro atoms. The Morgan fingerprint density at radius 1 is 1.00 bits per heavy atom. The molecule has 1 aliphatic rings. The number of thiophene rings is 1. The molecule has 0 saturated carbocycles. The Bertz CT molecular complexity index is 1100. The lowest BCUT2D eigenvalue weighted by molar-refractivity contribution is -0.132. The van der Waals surface area contributed by atoms with Crippen LogP contribution in [-0.4, -0.2) is 65.8 Å². The Kier molecular flexibility index (Phi) is 8.32. The molecule has 178 valence electrons. The predicted molar refractivity (Wildman–Crippen MR) is 134 cm³/mol. The molecular weight excluding hydrogens is 473 g/mol. The van der Waals surface area contributed by atoms with Crippen molar-refractivity contribution in [3.63, 3.8) is 0 Å². The third kappa shape index (κ3) is 6.65. The zero-order valence-corrected chi connectivity index (χ0v) is 20.4. The normalized spacial score (nSPS) is 14.2. The van der Waals surface area contributed by atoms with E-state index in [0.717, 1.165) is 23.5 Å². The predicted octanol–water partition coefficient (Wildman–Crippen LogP) is 4.57. The summed E-state index contributed by atoms with van der Waals surface area (Å²) in [4.78, 5) is 32.9. The van der Waals surface area contributed by atoms with Gasteiger partial charge >= 0.3 is 0 Å². The number of rotatable bonds is 8. The Morgan fingerprint density at radius 3 is 2.44 bits per heavy atom. The van der Waals surface area contributed by atoms with Gasteiger partial charge in [-0.1, -0.05) is 35.9 Å². The van der Waals surface area contributed by atoms with Crippen molar-refractivity contribution in [1.29, 1.82) is 0 Å². The highest BCUT2D eigenvalue weighted by atomic mass is 35.5. The van der Waals surface area contributed by atoms with Crippen LogP contribution in [0.15, 0.2) is 66.0 Å². The van der Waals surface area contributed by atoms with Crippen molar-refractivity contribution in [2.75, 3.05) is 39.3 Å². The quantitative estimate of drug-likeness (QED) is 0.456. The van der Waals surface area contributed by atoms with Gasteiger partial charge in [-0.15, -0.1) is 11.3 Å². The Hall–Kier alpha value is -2.74. The fraction of sp³-hybridized carbons (Fsp3) is 0.308. The average molecular weight is 500 g/mol. The minimum Gasteiger partial charge on any atom is -0.340 e. The summed E-state index contributed by atoms with van der Waals surface area (Å²) < 4.78 is 13.3. The number of piperazine rings is 1. The highest BCUT2D eigenvalue weighted by molar-refractivity contribution is 7.10. The van der Waals surface area contributed by atoms with Crippen molar-refractivity contribution in [2.45, 2.75) is 13.0 Å². The van der Waals surface area contributed by atoms with Gasteiger partial charge in [-0.2, -0.15) is 0 Å². The lowest BCUT2D eigenvalue weighted by atomic mass is 10.1. The molecule has 2 aromatic carbocycles. The summed E-state index contributed by atoms with van der Waals surface area (Å²) in [6.45, 7) is 4.50. The SMILES string of the molecule is O=C(Cc1cccs1)N1CCN(CCN(Cc2ccc(F)cc2)C(=O)c2cccc(Cl)c2)CC1. The van der Waals surface area contributed by atoms with Crippen molar-refractivity contribution in [3.8, 4) is 0 Å². The fourth-order valence-corrected chi connectivity index (χ4v) is 4.91. The highest BCUT2D eigenvalue weighted by Crippen LogP contribution is 2.16. The molecule has 1 aromatic heterocycles. The zero-order chi connectivity index (χ0) is 23.9. The molecule has 5 nitrogen and oxygen atoms in total. The molecule has 0 radical (unpaired) electrons. The van der Waals surface area contributed by atoms with Crippen molar-refractivity contribution in [2.24, 2.45) is 0 Å². The van der Waals surface area contributed by atoms with Crippen LogP contribution < -0.4 is 0 Å². The summed E-state index contributed by atoms with van der Waals surface area (Å²) >= 11 is 7.71. The van der Waals surface area contributed by atoms with Gasteiger partial charge in [0.25, 0.3) is 5.91 Å². The second-order valence-electron chi connectivity index (χ2n) is 8.34. The number of hydrogen-bond acceptors (Lipinski definition) is 4. The van der Waals surface area contributed by atoms with Gasteiger partial charge < -0.3 is 9.80 Å². The van der Waals surface area contributed by atoms with E-state index in [9.17, 15) is 14.0 Å². The summed E-state index contributed by atoms with van der Waals surface area (Å²) in [5.74, 6) is -0.254. The molecule has 0 bridgehead atoms. The standard InChI is InChI=1S/C26H27ClFN3O2S/c27-22-4-1-3-21(17-22)26(33)31(19-20-6-8-23(28)9-7-20)15-12-29-10-13-30(14-11-29)25(32)18-24-5-2-16-34-24/h1-9,16-17H,10-15,18-19H2. The largest absolute Gasteiger partial charge is 0.340 e. The minimum atomic E-state index is -0.303. The Balaban J connectivity index is 1.35. The van der Waals surface area contributed by atoms with Gasteiger partial charge in [0.15, 0.2) is 0 Å². The number of halogens is 2. The zero-order valence-electron chi connectivity index (χ0n) is 18.8. The second kappa shape index (κ2) is 11.6. The van der Waals surface area contributed by atoms with Gasteiger partial charge in [0.05, 0.1) is 6.42 Å². The topological polar surface area (TPSA) is 43.9 Å². The van der Waals surface area contributed by atoms with Crippen LogP contribution >= 0.6 is 22.9 Å². The molecule has 8 heteroatoms. The molecule has 2 heterocycles. The number of hydrogen-bond donors (Lipinski definition) is 0. The lowest BCUT2D eigenvalue weighted by Crippen LogP contribution is -2.50. The van der Waals surface area contributed by atoms with Gasteiger partial charge in [0.1, 0.15) is 5.82 Å². The van der Waals surface area contributed by atoms with Gasteiger partial charge in [-0.25, -0.2) is 4.39 Å². The fourth-order valence-electron chi connectivity index (χ4n) is 4.02. The molecular formula is C26H27ClFN3O2S. The maximum atomic E-state index is 13.3. The van der Waals surface area contributed by atoms with E-state index in [2.05, 4.69) is 4.90 Å². The van der Waals surface area contributed by atoms with Crippen LogP contribution in [0.5, 0.6) is 0 Å². The van der Waals surface area contributed by atoms with Crippen LogP contribution in [0.25, 0.3) is 0 Å². The van der Waals surface area contributed by atoms with E-state index in [0.29, 0.717) is 49.7 Å². The van der Waals surface area contributed by atoms with Gasteiger partial charge in [0.2, 0.25) is 5.91 Å². The van der Waals surface area contributed by atoms with Crippen LogP contribution in [0.4, 0.5) is 4.39 Å². The second-order valence-corrected chi connectivity index (χ2v) is 9.81. The maximum absolute atomic E-state index is 13.3. The Morgan fingerprint density at radius 2 is 1.76 bits per heavy atom. The third-order valence-corrected chi connectivity index (χ3v) is 7.07. The molecule has 3 aromatic rings. The van der Waals surface area contributed by atoms with Gasteiger partial charge in [-0.3, -0.25) is 14.5 Å². The minimum absolute atomic E-state index is 0.114. The van der Waals surface area contributed by atoms with Crippen LogP contribution in [0.2, 0.25) is 5.02 Å². The smallest absolute Gasteiger partial charge is 0.254 e. The number of carbonyl (C=O) groups excluding carboxylic acids is 2. The number of carbonyl (C=O) groups is 2. The van der Waals surface area contributed by atoms with Gasteiger partial charge in [-0.05, 0) is 47.3 Å². The number of nitrogens with zero attached hydrogens (tertiary/aromatic N) is 3. The van der Waals surface area contributed by atoms with Crippen LogP contribution in [0, 0.1) is 5.82 Å². The van der Waals surface area contributed by atoms with Gasteiger partial charge in [0, 0.05) is 61.3 Å². The molecule has 34 heavy (non-hydrogen) atoms. The lowest BCUT2D eigenvalue weighted by Gasteiger charge is -2.36. The van der Waals surface area contributed by atoms with E-state index in [-0.39, 0.29) is 17.6 Å². The number of amides is 2. The first-order valence-corrected chi connectivity index (χ1v) is 12.6. The first-order chi connectivity index (χ1) is 16.5. The van der Waals surface area contributed by atoms with E-state index < -0.39 is 0 Å². The maximum Gasteiger partial charge on any atom is 0.254 e. The van der Waals surface area contributed by atoms with E-state index in [1.165, 1.54) is 12.1 Å². The van der Waals surface area contributed by atoms with E-state index in [4.69, 9.17) is 11.6 Å². The molecule has 1 saturated heterocycles. The summed E-state index contributed by atoms with van der Waals surface area (Å²) in [6.07, 6.45) is 0.456. The van der Waals surface area contributed by atoms with Crippen molar-refractivity contribution in [1.82, 2.24) is 14.7 Å². The Labute approximate surface area is 208 Å². The van der Waals surface area contributed by atoms with Crippen LogP contribution in [-0.2, 0) is 17.8 Å². The molecule has 1 aliphatic heterocycles. The summed E-state index contributed by atoms with van der Waals surface area (Å²) in [6, 6.07) is 17.1. The molecule has 0 unspecified atom stereocenters. The first-order valence-electron chi connectivity index (χ1n) is 11.3. The molecule has 0 aliphatic carbocycles. The monoisotopic (exact) mass is 499 g/mol. The van der Waals surface area contributed by atoms with E-state index >= 15 is 0 Å². The number of benzene rings is 2. The van der Waals surface area contributed by atoms with Crippen LogP contribution in [0.3, 0.4) is 0 Å². The first kappa shape index (κ1) is 24.4. The highest BCUT2D eigenvalue weighted by Gasteiger charge is 2.23. The summed E-state index contributed by atoms with van der Waals surface area (Å²) in [5.41, 5.74) is 1.39. The van der Waals surface area contributed by atoms with E-state index in [1.807, 2.05) is 22.4 Å². The summed E-state index contributed by atoms with van der Waals surface area (Å²) in [5, 5.41) is 2.50. The molecule has 1 fully saturated rings. The molecule has 0 atom stereocenters. The van der Waals surface area contributed by atoms with E-state index in [1.54, 1.807) is 52.6 Å². The van der Waals surface area contributed by atoms with Crippen molar-refractivity contribution < 1.29 is 14.0 Å². The summed E-state index contributed by atoms with van der Waals surface area (Å²) in [7, 11) is 0. The molecule has 0 N–H and O–H groups in total. The average Bonchev–Trinajstić information content (AvgIpc) is 3.36. The molecule has 4 rings (SSSR count). The van der Waals surface area contributed by atoms with Crippen molar-refractivity contribution in [3.05, 3.63) is 92.9 Å². The van der Waals surface area contributed by atoms with Crippen LogP contribution in [0.1, 0.15) is 20.8 Å². The molecule has 2 amide bonds. The van der Waals surface area contributed by atoms with Crippen molar-refractivity contribution >= 4 is 34.8 Å².